The van der Waals surface area contributed by atoms with Gasteiger partial charge in [-0.05, 0) is 56.0 Å². The molecule has 1 amide bonds. The van der Waals surface area contributed by atoms with E-state index in [1.54, 1.807) is 4.90 Å². The molecule has 1 atom stereocenters. The van der Waals surface area contributed by atoms with Crippen LogP contribution in [0.3, 0.4) is 0 Å². The van der Waals surface area contributed by atoms with E-state index in [1.807, 2.05) is 63.2 Å². The average molecular weight is 372 g/mol. The number of nitrogens with zero attached hydrogens (tertiary/aromatic N) is 2. The predicted molar refractivity (Wildman–Crippen MR) is 105 cm³/mol. The number of fused-ring (bicyclic) bond motifs is 1. The van der Waals surface area contributed by atoms with Gasteiger partial charge in [0.1, 0.15) is 6.54 Å². The van der Waals surface area contributed by atoms with Gasteiger partial charge in [0.25, 0.3) is 0 Å². The Morgan fingerprint density at radius 3 is 2.58 bits per heavy atom. The standard InChI is InChI=1S/C20H24N2O3S/c1-14-9-10-15(2)19(11-14)21(26(4,24)25)13-20(23)22-16(3)12-17-7-5-6-8-18(17)22/h5-11,16H,12-13H2,1-4H3. The highest BCUT2D eigenvalue weighted by Crippen LogP contribution is 2.32. The highest BCUT2D eigenvalue weighted by Gasteiger charge is 2.33. The van der Waals surface area contributed by atoms with Gasteiger partial charge in [0.15, 0.2) is 0 Å². The summed E-state index contributed by atoms with van der Waals surface area (Å²) in [5.41, 5.74) is 4.32. The summed E-state index contributed by atoms with van der Waals surface area (Å²) in [4.78, 5) is 14.8. The molecule has 0 aliphatic carbocycles. The van der Waals surface area contributed by atoms with Crippen LogP contribution in [0.1, 0.15) is 23.6 Å². The topological polar surface area (TPSA) is 57.7 Å². The van der Waals surface area contributed by atoms with Crippen LogP contribution in [0.4, 0.5) is 11.4 Å². The number of carbonyl (C=O) groups is 1. The van der Waals surface area contributed by atoms with E-state index < -0.39 is 10.0 Å². The molecule has 0 aromatic heterocycles. The van der Waals surface area contributed by atoms with E-state index in [4.69, 9.17) is 0 Å². The van der Waals surface area contributed by atoms with Gasteiger partial charge in [0.2, 0.25) is 15.9 Å². The summed E-state index contributed by atoms with van der Waals surface area (Å²) in [6, 6.07) is 13.4. The molecule has 2 aromatic rings. The van der Waals surface area contributed by atoms with Crippen LogP contribution in [-0.2, 0) is 21.2 Å². The van der Waals surface area contributed by atoms with Gasteiger partial charge in [-0.15, -0.1) is 0 Å². The summed E-state index contributed by atoms with van der Waals surface area (Å²) in [5, 5.41) is 0. The van der Waals surface area contributed by atoms with E-state index in [-0.39, 0.29) is 18.5 Å². The minimum atomic E-state index is -3.59. The maximum Gasteiger partial charge on any atom is 0.248 e. The first-order valence-corrected chi connectivity index (χ1v) is 10.5. The SMILES string of the molecule is Cc1ccc(C)c(N(CC(=O)N2c3ccccc3CC2C)S(C)(=O)=O)c1. The molecule has 1 aliphatic heterocycles. The van der Waals surface area contributed by atoms with Gasteiger partial charge in [0.05, 0.1) is 11.9 Å². The van der Waals surface area contributed by atoms with Crippen LogP contribution in [0, 0.1) is 13.8 Å². The molecule has 0 saturated heterocycles. The van der Waals surface area contributed by atoms with Crippen LogP contribution in [0.2, 0.25) is 0 Å². The van der Waals surface area contributed by atoms with Crippen molar-refractivity contribution in [2.75, 3.05) is 22.0 Å². The number of para-hydroxylation sites is 1. The Morgan fingerprint density at radius 1 is 1.19 bits per heavy atom. The van der Waals surface area contributed by atoms with Crippen LogP contribution in [-0.4, -0.2) is 33.2 Å². The summed E-state index contributed by atoms with van der Waals surface area (Å²) >= 11 is 0. The third-order valence-electron chi connectivity index (χ3n) is 4.79. The van der Waals surface area contributed by atoms with Crippen molar-refractivity contribution in [1.82, 2.24) is 0 Å². The maximum atomic E-state index is 13.1. The molecular weight excluding hydrogens is 348 g/mol. The van der Waals surface area contributed by atoms with E-state index in [2.05, 4.69) is 0 Å². The number of aryl methyl sites for hydroxylation is 2. The number of anilines is 2. The van der Waals surface area contributed by atoms with Crippen molar-refractivity contribution in [3.05, 3.63) is 59.2 Å². The Labute approximate surface area is 155 Å². The normalized spacial score (nSPS) is 16.5. The second-order valence-electron chi connectivity index (χ2n) is 7.01. The highest BCUT2D eigenvalue weighted by molar-refractivity contribution is 7.92. The second kappa shape index (κ2) is 6.76. The number of sulfonamides is 1. The van der Waals surface area contributed by atoms with Gasteiger partial charge in [-0.1, -0.05) is 30.3 Å². The van der Waals surface area contributed by atoms with E-state index in [1.165, 1.54) is 4.31 Å². The molecule has 6 heteroatoms. The van der Waals surface area contributed by atoms with Crippen LogP contribution in [0.15, 0.2) is 42.5 Å². The van der Waals surface area contributed by atoms with Crippen molar-refractivity contribution in [2.24, 2.45) is 0 Å². The molecule has 5 nitrogen and oxygen atoms in total. The van der Waals surface area contributed by atoms with Gasteiger partial charge in [-0.25, -0.2) is 8.42 Å². The minimum absolute atomic E-state index is 0.0138. The fourth-order valence-electron chi connectivity index (χ4n) is 3.51. The Morgan fingerprint density at radius 2 is 1.88 bits per heavy atom. The Hall–Kier alpha value is -2.34. The lowest BCUT2D eigenvalue weighted by atomic mass is 10.1. The average Bonchev–Trinajstić information content (AvgIpc) is 2.89. The predicted octanol–water partition coefficient (Wildman–Crippen LogP) is 3.05. The summed E-state index contributed by atoms with van der Waals surface area (Å²) < 4.78 is 26.1. The molecular formula is C20H24N2O3S. The molecule has 2 aromatic carbocycles. The van der Waals surface area contributed by atoms with Crippen molar-refractivity contribution in [3.8, 4) is 0 Å². The molecule has 1 heterocycles. The van der Waals surface area contributed by atoms with E-state index in [0.717, 1.165) is 35.1 Å². The Kier molecular flexibility index (Phi) is 4.80. The molecule has 0 saturated carbocycles. The van der Waals surface area contributed by atoms with E-state index in [0.29, 0.717) is 5.69 Å². The van der Waals surface area contributed by atoms with E-state index >= 15 is 0 Å². The molecule has 1 unspecified atom stereocenters. The number of rotatable bonds is 4. The van der Waals surface area contributed by atoms with Crippen molar-refractivity contribution in [2.45, 2.75) is 33.2 Å². The summed E-state index contributed by atoms with van der Waals surface area (Å²) in [7, 11) is -3.59. The second-order valence-corrected chi connectivity index (χ2v) is 8.91. The van der Waals surface area contributed by atoms with Gasteiger partial charge < -0.3 is 4.90 Å². The highest BCUT2D eigenvalue weighted by atomic mass is 32.2. The maximum absolute atomic E-state index is 13.1. The molecule has 1 aliphatic rings. The number of benzene rings is 2. The third-order valence-corrected chi connectivity index (χ3v) is 5.91. The zero-order valence-corrected chi connectivity index (χ0v) is 16.4. The minimum Gasteiger partial charge on any atom is -0.307 e. The molecule has 3 rings (SSSR count). The molecule has 0 fully saturated rings. The molecule has 0 bridgehead atoms. The number of hydrogen-bond acceptors (Lipinski definition) is 3. The van der Waals surface area contributed by atoms with Crippen molar-refractivity contribution in [1.29, 1.82) is 0 Å². The van der Waals surface area contributed by atoms with Crippen LogP contribution in [0.5, 0.6) is 0 Å². The Balaban J connectivity index is 1.96. The van der Waals surface area contributed by atoms with Gasteiger partial charge in [0, 0.05) is 11.7 Å². The smallest absolute Gasteiger partial charge is 0.248 e. The third kappa shape index (κ3) is 3.46. The van der Waals surface area contributed by atoms with Crippen molar-refractivity contribution < 1.29 is 13.2 Å². The molecule has 26 heavy (non-hydrogen) atoms. The molecule has 0 N–H and O–H groups in total. The van der Waals surface area contributed by atoms with E-state index in [9.17, 15) is 13.2 Å². The lowest BCUT2D eigenvalue weighted by Gasteiger charge is -2.28. The quantitative estimate of drug-likeness (QED) is 0.829. The summed E-state index contributed by atoms with van der Waals surface area (Å²) in [6.45, 7) is 5.54. The molecule has 0 radical (unpaired) electrons. The lowest BCUT2D eigenvalue weighted by molar-refractivity contribution is -0.117. The van der Waals surface area contributed by atoms with Crippen LogP contribution in [0.25, 0.3) is 0 Å². The first-order chi connectivity index (χ1) is 12.2. The zero-order chi connectivity index (χ0) is 19.1. The molecule has 138 valence electrons. The van der Waals surface area contributed by atoms with Gasteiger partial charge in [-0.3, -0.25) is 9.10 Å². The van der Waals surface area contributed by atoms with Crippen LogP contribution < -0.4 is 9.21 Å². The van der Waals surface area contributed by atoms with Gasteiger partial charge >= 0.3 is 0 Å². The number of hydrogen-bond donors (Lipinski definition) is 0. The Bertz CT molecular complexity index is 953. The first kappa shape index (κ1) is 18.5. The number of amides is 1. The molecule has 0 spiro atoms. The summed E-state index contributed by atoms with van der Waals surface area (Å²) in [5.74, 6) is -0.214. The summed E-state index contributed by atoms with van der Waals surface area (Å²) in [6.07, 6.45) is 1.92. The zero-order valence-electron chi connectivity index (χ0n) is 15.6. The monoisotopic (exact) mass is 372 g/mol. The van der Waals surface area contributed by atoms with Crippen LogP contribution >= 0.6 is 0 Å². The van der Waals surface area contributed by atoms with Crippen molar-refractivity contribution >= 4 is 27.3 Å². The number of carbonyl (C=O) groups excluding carboxylic acids is 1. The van der Waals surface area contributed by atoms with Gasteiger partial charge in [-0.2, -0.15) is 0 Å². The largest absolute Gasteiger partial charge is 0.307 e. The first-order valence-electron chi connectivity index (χ1n) is 8.63. The fraction of sp³-hybridized carbons (Fsp3) is 0.350. The van der Waals surface area contributed by atoms with Crippen molar-refractivity contribution in [3.63, 3.8) is 0 Å². The lowest BCUT2D eigenvalue weighted by Crippen LogP contribution is -2.45. The fourth-order valence-corrected chi connectivity index (χ4v) is 4.41.